The molecule has 2 rings (SSSR count). The number of benzene rings is 1. The van der Waals surface area contributed by atoms with Gasteiger partial charge in [0.2, 0.25) is 10.0 Å². The normalized spacial score (nSPS) is 11.7. The summed E-state index contributed by atoms with van der Waals surface area (Å²) in [6.45, 7) is 2.34. The van der Waals surface area contributed by atoms with Gasteiger partial charge in [0.15, 0.2) is 0 Å². The van der Waals surface area contributed by atoms with Gasteiger partial charge in [-0.1, -0.05) is 19.1 Å². The Bertz CT molecular complexity index is 660. The zero-order valence-electron chi connectivity index (χ0n) is 11.2. The average molecular weight is 311 g/mol. The minimum absolute atomic E-state index is 0.208. The Morgan fingerprint density at radius 2 is 1.85 bits per heavy atom. The summed E-state index contributed by atoms with van der Waals surface area (Å²) in [5.41, 5.74) is 0.978. The van der Waals surface area contributed by atoms with Crippen molar-refractivity contribution in [2.24, 2.45) is 0 Å². The molecule has 0 amide bonds. The van der Waals surface area contributed by atoms with Crippen LogP contribution in [0.1, 0.15) is 17.4 Å². The smallest absolute Gasteiger partial charge is 0.250 e. The van der Waals surface area contributed by atoms with Crippen LogP contribution in [0.5, 0.6) is 5.75 Å². The summed E-state index contributed by atoms with van der Waals surface area (Å²) >= 11 is 1.30. The van der Waals surface area contributed by atoms with Crippen LogP contribution in [0, 0.1) is 0 Å². The summed E-state index contributed by atoms with van der Waals surface area (Å²) in [4.78, 5) is 1.06. The fraction of sp³-hybridized carbons (Fsp3) is 0.286. The fourth-order valence-electron chi connectivity index (χ4n) is 1.76. The minimum Gasteiger partial charge on any atom is -0.508 e. The number of aryl methyl sites for hydroxylation is 1. The van der Waals surface area contributed by atoms with Gasteiger partial charge in [0, 0.05) is 11.4 Å². The molecule has 0 radical (unpaired) electrons. The lowest BCUT2D eigenvalue weighted by molar-refractivity contribution is 0.475. The summed E-state index contributed by atoms with van der Waals surface area (Å²) < 4.78 is 27.1. The Kier molecular flexibility index (Phi) is 4.80. The average Bonchev–Trinajstić information content (AvgIpc) is 2.90. The molecule has 1 aromatic heterocycles. The van der Waals surface area contributed by atoms with Crippen molar-refractivity contribution in [3.8, 4) is 5.75 Å². The molecule has 4 nitrogen and oxygen atoms in total. The zero-order chi connectivity index (χ0) is 14.6. The Labute approximate surface area is 123 Å². The zero-order valence-corrected chi connectivity index (χ0v) is 12.8. The standard InChI is InChI=1S/C14H17NO3S2/c1-2-13-7-8-14(19-13)20(17,18)15-10-9-11-3-5-12(16)6-4-11/h3-8,15-16H,2,9-10H2,1H3. The van der Waals surface area contributed by atoms with Crippen LogP contribution in [-0.4, -0.2) is 20.1 Å². The van der Waals surface area contributed by atoms with Gasteiger partial charge in [-0.25, -0.2) is 13.1 Å². The van der Waals surface area contributed by atoms with Crippen LogP contribution in [0.25, 0.3) is 0 Å². The number of phenols is 1. The second-order valence-corrected chi connectivity index (χ2v) is 7.55. The molecule has 0 bridgehead atoms. The van der Waals surface area contributed by atoms with Crippen molar-refractivity contribution >= 4 is 21.4 Å². The molecule has 1 heterocycles. The topological polar surface area (TPSA) is 66.4 Å². The highest BCUT2D eigenvalue weighted by Crippen LogP contribution is 2.21. The molecule has 0 fully saturated rings. The molecule has 0 aliphatic rings. The predicted molar refractivity (Wildman–Crippen MR) is 80.7 cm³/mol. The highest BCUT2D eigenvalue weighted by atomic mass is 32.2. The number of hydrogen-bond donors (Lipinski definition) is 2. The molecule has 0 spiro atoms. The van der Waals surface area contributed by atoms with Crippen molar-refractivity contribution < 1.29 is 13.5 Å². The van der Waals surface area contributed by atoms with E-state index in [-0.39, 0.29) is 5.75 Å². The van der Waals surface area contributed by atoms with Gasteiger partial charge in [0.1, 0.15) is 9.96 Å². The van der Waals surface area contributed by atoms with Crippen LogP contribution < -0.4 is 4.72 Å². The number of nitrogens with one attached hydrogen (secondary N) is 1. The van der Waals surface area contributed by atoms with E-state index >= 15 is 0 Å². The van der Waals surface area contributed by atoms with Crippen molar-refractivity contribution in [3.63, 3.8) is 0 Å². The van der Waals surface area contributed by atoms with E-state index in [1.54, 1.807) is 30.3 Å². The third-order valence-corrected chi connectivity index (χ3v) is 6.07. The molecule has 0 saturated carbocycles. The molecular formula is C14H17NO3S2. The van der Waals surface area contributed by atoms with Crippen LogP contribution in [0.4, 0.5) is 0 Å². The lowest BCUT2D eigenvalue weighted by atomic mass is 10.1. The molecule has 20 heavy (non-hydrogen) atoms. The monoisotopic (exact) mass is 311 g/mol. The van der Waals surface area contributed by atoms with E-state index in [1.165, 1.54) is 11.3 Å². The van der Waals surface area contributed by atoms with Gasteiger partial charge >= 0.3 is 0 Å². The second kappa shape index (κ2) is 6.39. The molecule has 0 aliphatic heterocycles. The summed E-state index contributed by atoms with van der Waals surface area (Å²) in [5, 5.41) is 9.18. The number of sulfonamides is 1. The third-order valence-electron chi connectivity index (χ3n) is 2.89. The Hall–Kier alpha value is -1.37. The maximum Gasteiger partial charge on any atom is 0.250 e. The molecule has 0 saturated heterocycles. The molecule has 0 atom stereocenters. The molecule has 1 aromatic carbocycles. The van der Waals surface area contributed by atoms with Gasteiger partial charge in [-0.05, 0) is 42.7 Å². The van der Waals surface area contributed by atoms with Gasteiger partial charge in [-0.15, -0.1) is 11.3 Å². The van der Waals surface area contributed by atoms with E-state index in [0.717, 1.165) is 16.9 Å². The van der Waals surface area contributed by atoms with Crippen LogP contribution in [-0.2, 0) is 22.9 Å². The summed E-state index contributed by atoms with van der Waals surface area (Å²) in [5.74, 6) is 0.208. The highest BCUT2D eigenvalue weighted by Gasteiger charge is 2.15. The Morgan fingerprint density at radius 3 is 2.45 bits per heavy atom. The lowest BCUT2D eigenvalue weighted by Crippen LogP contribution is -2.25. The molecule has 0 aliphatic carbocycles. The molecule has 0 unspecified atom stereocenters. The quantitative estimate of drug-likeness (QED) is 0.861. The van der Waals surface area contributed by atoms with Crippen molar-refractivity contribution in [1.29, 1.82) is 0 Å². The van der Waals surface area contributed by atoms with Gasteiger partial charge < -0.3 is 5.11 Å². The SMILES string of the molecule is CCc1ccc(S(=O)(=O)NCCc2ccc(O)cc2)s1. The van der Waals surface area contributed by atoms with Crippen molar-refractivity contribution in [1.82, 2.24) is 4.72 Å². The van der Waals surface area contributed by atoms with Crippen LogP contribution >= 0.6 is 11.3 Å². The summed E-state index contributed by atoms with van der Waals surface area (Å²) in [7, 11) is -3.41. The van der Waals surface area contributed by atoms with E-state index in [9.17, 15) is 13.5 Å². The first-order valence-corrected chi connectivity index (χ1v) is 8.67. The van der Waals surface area contributed by atoms with Gasteiger partial charge in [-0.3, -0.25) is 0 Å². The Balaban J connectivity index is 1.94. The number of hydrogen-bond acceptors (Lipinski definition) is 4. The maximum absolute atomic E-state index is 12.1. The number of rotatable bonds is 6. The second-order valence-electron chi connectivity index (χ2n) is 4.39. The highest BCUT2D eigenvalue weighted by molar-refractivity contribution is 7.91. The molecule has 2 N–H and O–H groups in total. The molecule has 2 aromatic rings. The van der Waals surface area contributed by atoms with E-state index in [4.69, 9.17) is 0 Å². The number of aromatic hydroxyl groups is 1. The third kappa shape index (κ3) is 3.82. The minimum atomic E-state index is -3.41. The fourth-order valence-corrected chi connectivity index (χ4v) is 4.13. The van der Waals surface area contributed by atoms with E-state index < -0.39 is 10.0 Å². The summed E-state index contributed by atoms with van der Waals surface area (Å²) in [6.07, 6.45) is 1.43. The largest absolute Gasteiger partial charge is 0.508 e. The van der Waals surface area contributed by atoms with E-state index in [2.05, 4.69) is 4.72 Å². The van der Waals surface area contributed by atoms with Gasteiger partial charge in [-0.2, -0.15) is 0 Å². The van der Waals surface area contributed by atoms with Crippen LogP contribution in [0.3, 0.4) is 0 Å². The van der Waals surface area contributed by atoms with Crippen LogP contribution in [0.2, 0.25) is 0 Å². The first-order valence-electron chi connectivity index (χ1n) is 6.37. The first-order chi connectivity index (χ1) is 9.51. The number of phenolic OH excluding ortho intramolecular Hbond substituents is 1. The molecule has 108 valence electrons. The number of thiophene rings is 1. The van der Waals surface area contributed by atoms with E-state index in [0.29, 0.717) is 17.2 Å². The molecular weight excluding hydrogens is 294 g/mol. The van der Waals surface area contributed by atoms with Crippen LogP contribution in [0.15, 0.2) is 40.6 Å². The van der Waals surface area contributed by atoms with Gasteiger partial charge in [0.25, 0.3) is 0 Å². The summed E-state index contributed by atoms with van der Waals surface area (Å²) in [6, 6.07) is 10.2. The van der Waals surface area contributed by atoms with Gasteiger partial charge in [0.05, 0.1) is 0 Å². The van der Waals surface area contributed by atoms with Crippen molar-refractivity contribution in [2.45, 2.75) is 24.0 Å². The van der Waals surface area contributed by atoms with Crippen molar-refractivity contribution in [2.75, 3.05) is 6.54 Å². The molecule has 6 heteroatoms. The predicted octanol–water partition coefficient (Wildman–Crippen LogP) is 2.54. The van der Waals surface area contributed by atoms with Crippen molar-refractivity contribution in [3.05, 3.63) is 46.8 Å². The first kappa shape index (κ1) is 15.0. The van der Waals surface area contributed by atoms with E-state index in [1.807, 2.05) is 13.0 Å². The Morgan fingerprint density at radius 1 is 1.15 bits per heavy atom. The maximum atomic E-state index is 12.1. The lowest BCUT2D eigenvalue weighted by Gasteiger charge is -2.05.